The molecule has 15 heavy (non-hydrogen) atoms. The molecule has 2 atom stereocenters. The van der Waals surface area contributed by atoms with Crippen LogP contribution in [-0.4, -0.2) is 24.1 Å². The van der Waals surface area contributed by atoms with Gasteiger partial charge >= 0.3 is 0 Å². The summed E-state index contributed by atoms with van der Waals surface area (Å²) in [6, 6.07) is 3.02. The zero-order chi connectivity index (χ0) is 10.5. The van der Waals surface area contributed by atoms with E-state index in [0.717, 1.165) is 18.5 Å². The SMILES string of the molecule is CCNC1CSCC1CCc1ccsc1. The third kappa shape index (κ3) is 3.23. The molecule has 0 aromatic carbocycles. The fourth-order valence-corrected chi connectivity index (χ4v) is 4.34. The fraction of sp³-hybridized carbons (Fsp3) is 0.667. The van der Waals surface area contributed by atoms with E-state index in [9.17, 15) is 0 Å². The first kappa shape index (κ1) is 11.5. The summed E-state index contributed by atoms with van der Waals surface area (Å²) in [6.45, 7) is 3.32. The van der Waals surface area contributed by atoms with Crippen LogP contribution in [0.15, 0.2) is 16.8 Å². The monoisotopic (exact) mass is 241 g/mol. The van der Waals surface area contributed by atoms with Gasteiger partial charge in [0.05, 0.1) is 0 Å². The van der Waals surface area contributed by atoms with Gasteiger partial charge in [-0.25, -0.2) is 0 Å². The Labute approximate surface area is 101 Å². The summed E-state index contributed by atoms with van der Waals surface area (Å²) in [6.07, 6.45) is 2.61. The Morgan fingerprint density at radius 1 is 1.47 bits per heavy atom. The van der Waals surface area contributed by atoms with Crippen molar-refractivity contribution < 1.29 is 0 Å². The molecule has 2 unspecified atom stereocenters. The van der Waals surface area contributed by atoms with Crippen LogP contribution in [-0.2, 0) is 6.42 Å². The number of rotatable bonds is 5. The molecule has 1 aromatic rings. The summed E-state index contributed by atoms with van der Waals surface area (Å²) >= 11 is 3.92. The van der Waals surface area contributed by atoms with Crippen molar-refractivity contribution in [1.82, 2.24) is 5.32 Å². The lowest BCUT2D eigenvalue weighted by Crippen LogP contribution is -2.35. The second kappa shape index (κ2) is 5.92. The van der Waals surface area contributed by atoms with Crippen LogP contribution >= 0.6 is 23.1 Å². The van der Waals surface area contributed by atoms with E-state index in [-0.39, 0.29) is 0 Å². The van der Waals surface area contributed by atoms with Crippen LogP contribution in [0.3, 0.4) is 0 Å². The van der Waals surface area contributed by atoms with Crippen LogP contribution in [0.4, 0.5) is 0 Å². The van der Waals surface area contributed by atoms with E-state index >= 15 is 0 Å². The molecule has 1 aromatic heterocycles. The zero-order valence-electron chi connectivity index (χ0n) is 9.24. The van der Waals surface area contributed by atoms with Crippen LogP contribution < -0.4 is 5.32 Å². The molecule has 1 N–H and O–H groups in total. The Morgan fingerprint density at radius 3 is 3.13 bits per heavy atom. The lowest BCUT2D eigenvalue weighted by atomic mass is 9.96. The average molecular weight is 241 g/mol. The van der Waals surface area contributed by atoms with Gasteiger partial charge in [-0.1, -0.05) is 6.92 Å². The highest BCUT2D eigenvalue weighted by molar-refractivity contribution is 7.99. The molecule has 84 valence electrons. The zero-order valence-corrected chi connectivity index (χ0v) is 10.9. The molecule has 0 saturated carbocycles. The van der Waals surface area contributed by atoms with Gasteiger partial charge in [0.1, 0.15) is 0 Å². The molecular weight excluding hydrogens is 222 g/mol. The number of nitrogens with one attached hydrogen (secondary N) is 1. The fourth-order valence-electron chi connectivity index (χ4n) is 2.16. The number of aryl methyl sites for hydroxylation is 1. The Morgan fingerprint density at radius 2 is 2.40 bits per heavy atom. The van der Waals surface area contributed by atoms with Crippen LogP contribution in [0.1, 0.15) is 18.9 Å². The molecule has 2 rings (SSSR count). The first-order valence-electron chi connectivity index (χ1n) is 5.72. The summed E-state index contributed by atoms with van der Waals surface area (Å²) in [5, 5.41) is 8.07. The third-order valence-electron chi connectivity index (χ3n) is 3.05. The predicted octanol–water partition coefficient (Wildman–Crippen LogP) is 3.02. The molecule has 0 aliphatic carbocycles. The molecule has 0 bridgehead atoms. The van der Waals surface area contributed by atoms with Gasteiger partial charge < -0.3 is 5.32 Å². The van der Waals surface area contributed by atoms with Crippen molar-refractivity contribution >= 4 is 23.1 Å². The molecular formula is C12H19NS2. The highest BCUT2D eigenvalue weighted by Crippen LogP contribution is 2.28. The summed E-state index contributed by atoms with van der Waals surface area (Å²) in [5.74, 6) is 3.54. The van der Waals surface area contributed by atoms with Crippen molar-refractivity contribution in [1.29, 1.82) is 0 Å². The van der Waals surface area contributed by atoms with Gasteiger partial charge in [-0.05, 0) is 53.4 Å². The quantitative estimate of drug-likeness (QED) is 0.850. The smallest absolute Gasteiger partial charge is 0.0194 e. The second-order valence-electron chi connectivity index (χ2n) is 4.13. The average Bonchev–Trinajstić information content (AvgIpc) is 2.85. The largest absolute Gasteiger partial charge is 0.313 e. The molecule has 0 spiro atoms. The van der Waals surface area contributed by atoms with Gasteiger partial charge in [0.15, 0.2) is 0 Å². The van der Waals surface area contributed by atoms with Crippen LogP contribution in [0.5, 0.6) is 0 Å². The molecule has 2 heterocycles. The Kier molecular flexibility index (Phi) is 4.54. The van der Waals surface area contributed by atoms with Gasteiger partial charge in [-0.2, -0.15) is 23.1 Å². The first-order chi connectivity index (χ1) is 7.40. The van der Waals surface area contributed by atoms with E-state index in [1.165, 1.54) is 29.9 Å². The molecule has 0 radical (unpaired) electrons. The topological polar surface area (TPSA) is 12.0 Å². The lowest BCUT2D eigenvalue weighted by molar-refractivity contribution is 0.412. The minimum atomic E-state index is 0.763. The Bertz CT molecular complexity index is 271. The van der Waals surface area contributed by atoms with Crippen molar-refractivity contribution in [2.45, 2.75) is 25.8 Å². The van der Waals surface area contributed by atoms with Crippen LogP contribution in [0.2, 0.25) is 0 Å². The lowest BCUT2D eigenvalue weighted by Gasteiger charge is -2.18. The summed E-state index contributed by atoms with van der Waals surface area (Å²) in [4.78, 5) is 0. The van der Waals surface area contributed by atoms with Crippen LogP contribution in [0, 0.1) is 5.92 Å². The molecule has 1 nitrogen and oxygen atoms in total. The summed E-state index contributed by atoms with van der Waals surface area (Å²) in [5.41, 5.74) is 1.52. The first-order valence-corrected chi connectivity index (χ1v) is 7.82. The van der Waals surface area contributed by atoms with Gasteiger partial charge in [0, 0.05) is 11.8 Å². The van der Waals surface area contributed by atoms with Crippen molar-refractivity contribution in [2.24, 2.45) is 5.92 Å². The maximum Gasteiger partial charge on any atom is 0.0194 e. The van der Waals surface area contributed by atoms with E-state index in [1.54, 1.807) is 0 Å². The number of hydrogen-bond donors (Lipinski definition) is 1. The normalized spacial score (nSPS) is 25.9. The van der Waals surface area contributed by atoms with Crippen molar-refractivity contribution in [3.05, 3.63) is 22.4 Å². The van der Waals surface area contributed by atoms with Gasteiger partial charge in [0.25, 0.3) is 0 Å². The van der Waals surface area contributed by atoms with Gasteiger partial charge in [0.2, 0.25) is 0 Å². The molecule has 1 aliphatic heterocycles. The molecule has 1 fully saturated rings. The Hall–Kier alpha value is 0.01000. The van der Waals surface area contributed by atoms with Crippen LogP contribution in [0.25, 0.3) is 0 Å². The Balaban J connectivity index is 1.78. The molecule has 0 amide bonds. The minimum Gasteiger partial charge on any atom is -0.313 e. The molecule has 3 heteroatoms. The standard InChI is InChI=1S/C12H19NS2/c1-2-13-12-9-15-8-11(12)4-3-10-5-6-14-7-10/h5-7,11-13H,2-4,8-9H2,1H3. The molecule has 1 aliphatic rings. The van der Waals surface area contributed by atoms with Crippen molar-refractivity contribution in [3.8, 4) is 0 Å². The van der Waals surface area contributed by atoms with Crippen molar-refractivity contribution in [2.75, 3.05) is 18.1 Å². The number of thioether (sulfide) groups is 1. The second-order valence-corrected chi connectivity index (χ2v) is 5.99. The predicted molar refractivity (Wildman–Crippen MR) is 70.9 cm³/mol. The van der Waals surface area contributed by atoms with E-state index in [0.29, 0.717) is 0 Å². The molecule has 1 saturated heterocycles. The van der Waals surface area contributed by atoms with E-state index in [4.69, 9.17) is 0 Å². The van der Waals surface area contributed by atoms with E-state index < -0.39 is 0 Å². The highest BCUT2D eigenvalue weighted by Gasteiger charge is 2.26. The maximum absolute atomic E-state index is 3.61. The maximum atomic E-state index is 3.61. The summed E-state index contributed by atoms with van der Waals surface area (Å²) in [7, 11) is 0. The third-order valence-corrected chi connectivity index (χ3v) is 5.04. The number of thiophene rings is 1. The summed E-state index contributed by atoms with van der Waals surface area (Å²) < 4.78 is 0. The highest BCUT2D eigenvalue weighted by atomic mass is 32.2. The van der Waals surface area contributed by atoms with E-state index in [2.05, 4.69) is 40.8 Å². The van der Waals surface area contributed by atoms with Crippen molar-refractivity contribution in [3.63, 3.8) is 0 Å². The van der Waals surface area contributed by atoms with Gasteiger partial charge in [-0.15, -0.1) is 0 Å². The van der Waals surface area contributed by atoms with Gasteiger partial charge in [-0.3, -0.25) is 0 Å². The van der Waals surface area contributed by atoms with E-state index in [1.807, 2.05) is 11.3 Å². The minimum absolute atomic E-state index is 0.763. The number of hydrogen-bond acceptors (Lipinski definition) is 3.